The van der Waals surface area contributed by atoms with E-state index < -0.39 is 0 Å². The molecule has 7 heteroatoms. The molecule has 136 valence electrons. The van der Waals surface area contributed by atoms with Crippen molar-refractivity contribution in [2.24, 2.45) is 0 Å². The first kappa shape index (κ1) is 17.3. The van der Waals surface area contributed by atoms with Crippen LogP contribution in [0.1, 0.15) is 25.3 Å². The van der Waals surface area contributed by atoms with Gasteiger partial charge in [0.15, 0.2) is 10.8 Å². The Labute approximate surface area is 156 Å². The van der Waals surface area contributed by atoms with Crippen molar-refractivity contribution in [1.29, 1.82) is 0 Å². The Morgan fingerprint density at radius 2 is 2.27 bits per heavy atom. The van der Waals surface area contributed by atoms with Crippen LogP contribution < -0.4 is 5.32 Å². The average Bonchev–Trinajstić information content (AvgIpc) is 3.30. The Morgan fingerprint density at radius 3 is 3.08 bits per heavy atom. The van der Waals surface area contributed by atoms with Crippen LogP contribution in [0.5, 0.6) is 0 Å². The van der Waals surface area contributed by atoms with Crippen LogP contribution in [0.3, 0.4) is 0 Å². The lowest BCUT2D eigenvalue weighted by molar-refractivity contribution is -0.120. The molecular formula is C19H22N4O2S. The van der Waals surface area contributed by atoms with Gasteiger partial charge in [-0.15, -0.1) is 10.2 Å². The predicted molar refractivity (Wildman–Crippen MR) is 103 cm³/mol. The topological polar surface area (TPSA) is 68.5 Å². The normalized spacial score (nSPS) is 18.5. The van der Waals surface area contributed by atoms with E-state index in [4.69, 9.17) is 4.74 Å². The molecule has 0 unspecified atom stereocenters. The molecule has 1 aromatic carbocycles. The minimum absolute atomic E-state index is 0.00123. The molecule has 1 fully saturated rings. The summed E-state index contributed by atoms with van der Waals surface area (Å²) in [5, 5.41) is 13.2. The van der Waals surface area contributed by atoms with Gasteiger partial charge in [-0.3, -0.25) is 9.20 Å². The molecule has 3 heterocycles. The van der Waals surface area contributed by atoms with Gasteiger partial charge in [0.2, 0.25) is 5.91 Å². The first-order valence-corrected chi connectivity index (χ1v) is 9.81. The molecule has 6 nitrogen and oxygen atoms in total. The highest BCUT2D eigenvalue weighted by molar-refractivity contribution is 8.00. The van der Waals surface area contributed by atoms with Gasteiger partial charge >= 0.3 is 0 Å². The second-order valence-electron chi connectivity index (χ2n) is 6.66. The van der Waals surface area contributed by atoms with E-state index in [1.54, 1.807) is 0 Å². The minimum atomic E-state index is -0.260. The number of amides is 1. The zero-order valence-corrected chi connectivity index (χ0v) is 15.8. The second-order valence-corrected chi connectivity index (χ2v) is 7.97. The number of hydrogen-bond donors (Lipinski definition) is 1. The van der Waals surface area contributed by atoms with Crippen LogP contribution in [-0.4, -0.2) is 45.0 Å². The molecule has 0 bridgehead atoms. The summed E-state index contributed by atoms with van der Waals surface area (Å²) in [6.07, 6.45) is 2.24. The number of aryl methyl sites for hydroxylation is 1. The summed E-state index contributed by atoms with van der Waals surface area (Å²) >= 11 is 1.43. The van der Waals surface area contributed by atoms with E-state index in [9.17, 15) is 4.79 Å². The molecule has 0 spiro atoms. The maximum atomic E-state index is 12.4. The fourth-order valence-corrected chi connectivity index (χ4v) is 4.22. The van der Waals surface area contributed by atoms with Crippen molar-refractivity contribution in [1.82, 2.24) is 19.9 Å². The maximum absolute atomic E-state index is 12.4. The molecule has 0 saturated carbocycles. The van der Waals surface area contributed by atoms with E-state index in [1.165, 1.54) is 17.3 Å². The minimum Gasteiger partial charge on any atom is -0.376 e. The number of nitrogens with one attached hydrogen (secondary N) is 1. The Kier molecular flexibility index (Phi) is 4.82. The van der Waals surface area contributed by atoms with Crippen LogP contribution in [0, 0.1) is 6.92 Å². The fraction of sp³-hybridized carbons (Fsp3) is 0.421. The van der Waals surface area contributed by atoms with Gasteiger partial charge in [-0.05, 0) is 44.4 Å². The number of benzene rings is 1. The van der Waals surface area contributed by atoms with Crippen LogP contribution in [0.15, 0.2) is 35.5 Å². The number of hydrogen-bond acceptors (Lipinski definition) is 5. The Hall–Kier alpha value is -2.12. The largest absolute Gasteiger partial charge is 0.376 e. The lowest BCUT2D eigenvalue weighted by atomic mass is 10.1. The molecule has 1 aliphatic rings. The summed E-state index contributed by atoms with van der Waals surface area (Å²) in [7, 11) is 0. The van der Waals surface area contributed by atoms with Gasteiger partial charge in [0, 0.05) is 18.5 Å². The first-order chi connectivity index (χ1) is 12.6. The summed E-state index contributed by atoms with van der Waals surface area (Å²) in [5.41, 5.74) is 3.03. The van der Waals surface area contributed by atoms with E-state index in [0.29, 0.717) is 6.54 Å². The Morgan fingerprint density at radius 1 is 1.42 bits per heavy atom. The standard InChI is InChI=1S/C19H22N4O2S/c1-12-10-17-21-22-19(23(17)16-8-4-3-7-15(12)16)26-13(2)18(24)20-11-14-6-5-9-25-14/h3-4,7-8,10,13-14H,5-6,9,11H2,1-2H3,(H,20,24)/t13-,14-/m1/s1. The SMILES string of the molecule is Cc1cc2nnc(S[C@H](C)C(=O)NC[C@H]3CCCO3)n2c2ccccc12. The summed E-state index contributed by atoms with van der Waals surface area (Å²) in [6.45, 7) is 5.34. The van der Waals surface area contributed by atoms with Gasteiger partial charge in [0.25, 0.3) is 0 Å². The highest BCUT2D eigenvalue weighted by Crippen LogP contribution is 2.28. The molecule has 1 saturated heterocycles. The van der Waals surface area contributed by atoms with Crippen molar-refractivity contribution in [3.05, 3.63) is 35.9 Å². The third-order valence-corrected chi connectivity index (χ3v) is 5.80. The summed E-state index contributed by atoms with van der Waals surface area (Å²) in [4.78, 5) is 12.4. The Bertz CT molecular complexity index is 949. The van der Waals surface area contributed by atoms with Crippen molar-refractivity contribution in [2.45, 2.75) is 43.2 Å². The average molecular weight is 370 g/mol. The maximum Gasteiger partial charge on any atom is 0.233 e. The van der Waals surface area contributed by atoms with Gasteiger partial charge in [-0.1, -0.05) is 30.0 Å². The summed E-state index contributed by atoms with van der Waals surface area (Å²) in [6, 6.07) is 10.2. The smallest absolute Gasteiger partial charge is 0.233 e. The van der Waals surface area contributed by atoms with Crippen LogP contribution in [0.2, 0.25) is 0 Å². The van der Waals surface area contributed by atoms with Crippen LogP contribution in [0.4, 0.5) is 0 Å². The second kappa shape index (κ2) is 7.25. The van der Waals surface area contributed by atoms with Gasteiger partial charge in [-0.25, -0.2) is 0 Å². The van der Waals surface area contributed by atoms with Crippen LogP contribution in [-0.2, 0) is 9.53 Å². The van der Waals surface area contributed by atoms with Crippen molar-refractivity contribution < 1.29 is 9.53 Å². The molecule has 0 radical (unpaired) electrons. The highest BCUT2D eigenvalue weighted by Gasteiger charge is 2.21. The molecule has 1 aliphatic heterocycles. The zero-order valence-electron chi connectivity index (χ0n) is 14.9. The molecule has 1 amide bonds. The molecule has 2 aromatic heterocycles. The van der Waals surface area contributed by atoms with Gasteiger partial charge < -0.3 is 10.1 Å². The van der Waals surface area contributed by atoms with Gasteiger partial charge in [0.1, 0.15) is 0 Å². The number of ether oxygens (including phenoxy) is 1. The third-order valence-electron chi connectivity index (χ3n) is 4.75. The van der Waals surface area contributed by atoms with E-state index in [1.807, 2.05) is 29.5 Å². The molecule has 3 aromatic rings. The predicted octanol–water partition coefficient (Wildman–Crippen LogP) is 2.97. The van der Waals surface area contributed by atoms with E-state index in [2.05, 4.69) is 34.6 Å². The summed E-state index contributed by atoms with van der Waals surface area (Å²) in [5.74, 6) is -0.00123. The number of fused-ring (bicyclic) bond motifs is 3. The molecule has 26 heavy (non-hydrogen) atoms. The van der Waals surface area contributed by atoms with Gasteiger partial charge in [-0.2, -0.15) is 0 Å². The third kappa shape index (κ3) is 3.29. The van der Waals surface area contributed by atoms with Crippen molar-refractivity contribution in [2.75, 3.05) is 13.2 Å². The van der Waals surface area contributed by atoms with Crippen molar-refractivity contribution >= 4 is 34.2 Å². The number of nitrogens with zero attached hydrogens (tertiary/aromatic N) is 3. The lowest BCUT2D eigenvalue weighted by Gasteiger charge is -2.14. The molecule has 0 aliphatic carbocycles. The molecule has 1 N–H and O–H groups in total. The number of thioether (sulfide) groups is 1. The molecular weight excluding hydrogens is 348 g/mol. The van der Waals surface area contributed by atoms with Gasteiger partial charge in [0.05, 0.1) is 16.9 Å². The van der Waals surface area contributed by atoms with E-state index >= 15 is 0 Å². The fourth-order valence-electron chi connectivity index (χ4n) is 3.33. The number of pyridine rings is 1. The highest BCUT2D eigenvalue weighted by atomic mass is 32.2. The van der Waals surface area contributed by atoms with Crippen molar-refractivity contribution in [3.8, 4) is 0 Å². The number of para-hydroxylation sites is 1. The quantitative estimate of drug-likeness (QED) is 0.700. The van der Waals surface area contributed by atoms with Crippen LogP contribution >= 0.6 is 11.8 Å². The van der Waals surface area contributed by atoms with E-state index in [0.717, 1.165) is 41.2 Å². The summed E-state index contributed by atoms with van der Waals surface area (Å²) < 4.78 is 7.58. The van der Waals surface area contributed by atoms with Crippen LogP contribution in [0.25, 0.3) is 16.6 Å². The molecule has 2 atom stereocenters. The lowest BCUT2D eigenvalue weighted by Crippen LogP contribution is -2.36. The van der Waals surface area contributed by atoms with Crippen molar-refractivity contribution in [3.63, 3.8) is 0 Å². The number of aromatic nitrogens is 3. The zero-order chi connectivity index (χ0) is 18.1. The number of rotatable bonds is 5. The number of carbonyl (C=O) groups is 1. The Balaban J connectivity index is 1.55. The molecule has 4 rings (SSSR count). The number of carbonyl (C=O) groups excluding carboxylic acids is 1. The first-order valence-electron chi connectivity index (χ1n) is 8.93. The monoisotopic (exact) mass is 370 g/mol. The van der Waals surface area contributed by atoms with E-state index in [-0.39, 0.29) is 17.3 Å².